The molecule has 6 aromatic rings. The largest absolute Gasteiger partial charge is 0.445 e. The third-order valence-electron chi connectivity index (χ3n) is 10.3. The highest BCUT2D eigenvalue weighted by Gasteiger charge is 2.26. The van der Waals surface area contributed by atoms with E-state index >= 15 is 0 Å². The molecule has 2 aliphatic heterocycles. The van der Waals surface area contributed by atoms with Crippen LogP contribution in [0.15, 0.2) is 62.0 Å². The predicted molar refractivity (Wildman–Crippen MR) is 228 cm³/mol. The van der Waals surface area contributed by atoms with Crippen molar-refractivity contribution in [1.29, 1.82) is 0 Å². The van der Waals surface area contributed by atoms with Crippen LogP contribution in [-0.2, 0) is 14.3 Å². The van der Waals surface area contributed by atoms with Crippen molar-refractivity contribution in [2.75, 3.05) is 70.2 Å². The highest BCUT2D eigenvalue weighted by molar-refractivity contribution is 6.31. The zero-order chi connectivity index (χ0) is 42.9. The van der Waals surface area contributed by atoms with Crippen LogP contribution >= 0.6 is 23.2 Å². The van der Waals surface area contributed by atoms with Crippen LogP contribution in [0.1, 0.15) is 25.7 Å². The minimum Gasteiger partial charge on any atom is -0.445 e. The molecule has 320 valence electrons. The van der Waals surface area contributed by atoms with Crippen LogP contribution in [0, 0.1) is 23.5 Å². The minimum absolute atomic E-state index is 0.0238. The first-order valence-electron chi connectivity index (χ1n) is 19.7. The number of pyridine rings is 2. The number of fused-ring (bicyclic) bond motifs is 2. The van der Waals surface area contributed by atoms with Crippen molar-refractivity contribution in [3.05, 3.63) is 83.6 Å². The van der Waals surface area contributed by atoms with E-state index in [0.29, 0.717) is 76.8 Å². The standard InChI is InChI=1S/C21H22ClFN6O2.C20H22ClFN6O2/c1-2-6-31-21(30)29-5-3-4-13(12-29)8-24-20-17(23)11-27-19(28-20)16-10-26-18-15(16)7-14(22)9-25-18;1-30-11-17(29)28-4-2-3-12(10-28)6-23-20-16(22)9-26-19(27-20)15-8-25-18-14(15)5-13(21)7-24-18/h2,7,9-11,13H,1,3-6,8,12H2,(H,25,26)(H,24,27,28);5,7-9,12H,2-4,6,10-11H2,1H3,(H,24,25)(H,23,26,27). The average Bonchev–Trinajstić information content (AvgIpc) is 3.89. The number of carbonyl (C=O) groups excluding carboxylic acids is 2. The maximum absolute atomic E-state index is 14.4. The lowest BCUT2D eigenvalue weighted by Crippen LogP contribution is -2.43. The number of likely N-dealkylation sites (tertiary alicyclic amines) is 2. The van der Waals surface area contributed by atoms with E-state index in [1.807, 2.05) is 0 Å². The van der Waals surface area contributed by atoms with Gasteiger partial charge in [-0.3, -0.25) is 4.79 Å². The Labute approximate surface area is 359 Å². The Morgan fingerprint density at radius 1 is 0.820 bits per heavy atom. The maximum Gasteiger partial charge on any atom is 0.410 e. The topological polar surface area (TPSA) is 192 Å². The smallest absolute Gasteiger partial charge is 0.410 e. The van der Waals surface area contributed by atoms with Crippen molar-refractivity contribution in [3.8, 4) is 22.8 Å². The summed E-state index contributed by atoms with van der Waals surface area (Å²) < 4.78 is 38.8. The molecule has 20 heteroatoms. The van der Waals surface area contributed by atoms with Crippen LogP contribution in [0.2, 0.25) is 10.0 Å². The number of rotatable bonds is 12. The molecule has 0 aliphatic carbocycles. The van der Waals surface area contributed by atoms with Gasteiger partial charge in [0.05, 0.1) is 22.4 Å². The van der Waals surface area contributed by atoms with Gasteiger partial charge in [0.1, 0.15) is 24.5 Å². The first-order valence-corrected chi connectivity index (χ1v) is 20.4. The van der Waals surface area contributed by atoms with Gasteiger partial charge in [-0.05, 0) is 49.7 Å². The molecule has 2 unspecified atom stereocenters. The Bertz CT molecular complexity index is 2500. The summed E-state index contributed by atoms with van der Waals surface area (Å²) in [4.78, 5) is 59.1. The van der Waals surface area contributed by atoms with Crippen molar-refractivity contribution in [3.63, 3.8) is 0 Å². The van der Waals surface area contributed by atoms with Gasteiger partial charge < -0.3 is 39.9 Å². The number of aromatic nitrogens is 8. The van der Waals surface area contributed by atoms with E-state index in [1.165, 1.54) is 13.2 Å². The number of carbonyl (C=O) groups is 2. The summed E-state index contributed by atoms with van der Waals surface area (Å²) in [5.41, 5.74) is 2.67. The number of ether oxygens (including phenoxy) is 2. The highest BCUT2D eigenvalue weighted by atomic mass is 35.5. The minimum atomic E-state index is -0.544. The van der Waals surface area contributed by atoms with Crippen molar-refractivity contribution < 1.29 is 27.8 Å². The summed E-state index contributed by atoms with van der Waals surface area (Å²) in [6, 6.07) is 3.53. The summed E-state index contributed by atoms with van der Waals surface area (Å²) in [6.45, 7) is 7.30. The molecule has 2 fully saturated rings. The number of nitrogens with zero attached hydrogens (tertiary/aromatic N) is 8. The molecule has 8 rings (SSSR count). The van der Waals surface area contributed by atoms with Gasteiger partial charge in [-0.15, -0.1) is 0 Å². The Morgan fingerprint density at radius 3 is 1.84 bits per heavy atom. The number of amides is 2. The monoisotopic (exact) mass is 876 g/mol. The van der Waals surface area contributed by atoms with Crippen molar-refractivity contribution >= 4 is 68.9 Å². The second kappa shape index (κ2) is 20.1. The molecule has 0 spiro atoms. The number of hydrogen-bond donors (Lipinski definition) is 4. The lowest BCUT2D eigenvalue weighted by Gasteiger charge is -2.32. The Kier molecular flexibility index (Phi) is 14.2. The Balaban J connectivity index is 0.000000184. The number of nitrogens with one attached hydrogen (secondary N) is 4. The van der Waals surface area contributed by atoms with Gasteiger partial charge in [-0.1, -0.05) is 35.9 Å². The zero-order valence-corrected chi connectivity index (χ0v) is 34.8. The Hall–Kier alpha value is -5.98. The maximum atomic E-state index is 14.4. The summed E-state index contributed by atoms with van der Waals surface area (Å²) in [6.07, 6.45) is 13.7. The normalized spacial score (nSPS) is 16.5. The summed E-state index contributed by atoms with van der Waals surface area (Å²) in [5, 5.41) is 8.66. The molecule has 0 radical (unpaired) electrons. The fourth-order valence-electron chi connectivity index (χ4n) is 7.34. The summed E-state index contributed by atoms with van der Waals surface area (Å²) in [7, 11) is 1.51. The molecule has 0 saturated carbocycles. The number of aromatic amines is 2. The number of anilines is 2. The molecular weight excluding hydrogens is 833 g/mol. The van der Waals surface area contributed by atoms with E-state index < -0.39 is 11.6 Å². The lowest BCUT2D eigenvalue weighted by atomic mass is 9.98. The van der Waals surface area contributed by atoms with Crippen molar-refractivity contribution in [2.45, 2.75) is 25.7 Å². The second-order valence-electron chi connectivity index (χ2n) is 14.6. The van der Waals surface area contributed by atoms with Gasteiger partial charge in [0.25, 0.3) is 0 Å². The fourth-order valence-corrected chi connectivity index (χ4v) is 7.66. The van der Waals surface area contributed by atoms with Crippen LogP contribution in [0.5, 0.6) is 0 Å². The SMILES string of the molecule is C=CCOC(=O)N1CCCC(CNc2nc(-c3c[nH]c4ncc(Cl)cc34)ncc2F)C1.COCC(=O)N1CCCC(CNc2nc(-c3c[nH]c4ncc(Cl)cc34)ncc2F)C1. The zero-order valence-electron chi connectivity index (χ0n) is 33.3. The molecule has 2 atom stereocenters. The quantitative estimate of drug-likeness (QED) is 0.0895. The molecule has 2 aliphatic rings. The molecule has 0 bridgehead atoms. The van der Waals surface area contributed by atoms with Crippen LogP contribution < -0.4 is 10.6 Å². The van der Waals surface area contributed by atoms with Gasteiger partial charge in [-0.25, -0.2) is 43.5 Å². The van der Waals surface area contributed by atoms with E-state index in [4.69, 9.17) is 32.7 Å². The van der Waals surface area contributed by atoms with E-state index in [1.54, 1.807) is 46.7 Å². The average molecular weight is 878 g/mol. The molecule has 2 amide bonds. The van der Waals surface area contributed by atoms with Gasteiger partial charge in [-0.2, -0.15) is 0 Å². The fraction of sp³-hybridized carbons (Fsp3) is 0.366. The summed E-state index contributed by atoms with van der Waals surface area (Å²) in [5.74, 6) is 0.227. The van der Waals surface area contributed by atoms with E-state index in [0.717, 1.165) is 55.4 Å². The molecule has 8 heterocycles. The van der Waals surface area contributed by atoms with Crippen LogP contribution in [0.4, 0.5) is 25.2 Å². The van der Waals surface area contributed by atoms with Crippen molar-refractivity contribution in [2.24, 2.45) is 11.8 Å². The molecule has 4 N–H and O–H groups in total. The summed E-state index contributed by atoms with van der Waals surface area (Å²) >= 11 is 12.1. The van der Waals surface area contributed by atoms with Gasteiger partial charge in [0, 0.05) is 93.1 Å². The van der Waals surface area contributed by atoms with Crippen molar-refractivity contribution in [1.82, 2.24) is 49.7 Å². The number of halogens is 4. The molecule has 6 aromatic heterocycles. The van der Waals surface area contributed by atoms with Crippen LogP contribution in [0.3, 0.4) is 0 Å². The number of piperidine rings is 2. The van der Waals surface area contributed by atoms with E-state index in [2.05, 4.69) is 57.1 Å². The number of hydrogen-bond acceptors (Lipinski definition) is 12. The molecule has 2 saturated heterocycles. The first kappa shape index (κ1) is 43.1. The molecule has 16 nitrogen and oxygen atoms in total. The predicted octanol–water partition coefficient (Wildman–Crippen LogP) is 7.37. The molecule has 0 aromatic carbocycles. The highest BCUT2D eigenvalue weighted by Crippen LogP contribution is 2.30. The van der Waals surface area contributed by atoms with Gasteiger partial charge in [0.2, 0.25) is 5.91 Å². The number of methoxy groups -OCH3 is 1. The van der Waals surface area contributed by atoms with E-state index in [-0.39, 0.29) is 48.7 Å². The second-order valence-corrected chi connectivity index (χ2v) is 15.5. The van der Waals surface area contributed by atoms with Crippen LogP contribution in [-0.4, -0.2) is 121 Å². The molecule has 61 heavy (non-hydrogen) atoms. The molecular formula is C41H44Cl2F2N12O4. The van der Waals surface area contributed by atoms with Gasteiger partial charge in [0.15, 0.2) is 34.9 Å². The lowest BCUT2D eigenvalue weighted by molar-refractivity contribution is -0.136. The third-order valence-corrected chi connectivity index (χ3v) is 10.7. The van der Waals surface area contributed by atoms with Crippen LogP contribution in [0.25, 0.3) is 44.8 Å². The Morgan fingerprint density at radius 2 is 1.33 bits per heavy atom. The number of H-pyrrole nitrogens is 2. The van der Waals surface area contributed by atoms with E-state index in [9.17, 15) is 18.4 Å². The first-order chi connectivity index (χ1) is 29.6. The van der Waals surface area contributed by atoms with Gasteiger partial charge >= 0.3 is 6.09 Å². The third kappa shape index (κ3) is 10.7.